The number of nitrogens with one attached hydrogen (secondary N) is 1. The maximum absolute atomic E-state index is 12.0. The molecule has 0 unspecified atom stereocenters. The molecule has 12 nitrogen and oxygen atoms in total. The molecule has 5 atom stereocenters. The van der Waals surface area contributed by atoms with E-state index < -0.39 is 54.6 Å². The molecule has 3 rings (SSSR count). The van der Waals surface area contributed by atoms with Crippen molar-refractivity contribution in [2.45, 2.75) is 92.5 Å². The Balaban J connectivity index is 0.00000274. The number of esters is 4. The van der Waals surface area contributed by atoms with Crippen LogP contribution >= 0.6 is 0 Å². The summed E-state index contributed by atoms with van der Waals surface area (Å²) >= 11 is 0. The minimum absolute atomic E-state index is 0.170. The maximum atomic E-state index is 12.0. The molecule has 1 saturated heterocycles. The number of carbonyl (C=O) groups is 4. The predicted octanol–water partition coefficient (Wildman–Crippen LogP) is 3.11. The number of hydrogen-bond acceptors (Lipinski definition) is 11. The second-order valence-electron chi connectivity index (χ2n) is 8.98. The van der Waals surface area contributed by atoms with Crippen LogP contribution in [0, 0.1) is 13.8 Å². The van der Waals surface area contributed by atoms with Crippen LogP contribution in [0.4, 0.5) is 0 Å². The number of aromatic nitrogens is 2. The first-order chi connectivity index (χ1) is 18.9. The van der Waals surface area contributed by atoms with Gasteiger partial charge in [0, 0.05) is 45.4 Å². The van der Waals surface area contributed by atoms with Gasteiger partial charge >= 0.3 is 23.9 Å². The van der Waals surface area contributed by atoms with Gasteiger partial charge < -0.3 is 28.4 Å². The molecule has 1 aromatic heterocycles. The Hall–Kier alpha value is -3.93. The molecule has 0 bridgehead atoms. The van der Waals surface area contributed by atoms with Crippen LogP contribution in [0.3, 0.4) is 0 Å². The van der Waals surface area contributed by atoms with Gasteiger partial charge in [0.15, 0.2) is 12.2 Å². The summed E-state index contributed by atoms with van der Waals surface area (Å²) in [5, 5.41) is 7.12. The van der Waals surface area contributed by atoms with Crippen LogP contribution in [0.25, 0.3) is 0 Å². The van der Waals surface area contributed by atoms with E-state index in [0.717, 1.165) is 43.2 Å². The van der Waals surface area contributed by atoms with Gasteiger partial charge in [-0.3, -0.25) is 24.3 Å². The van der Waals surface area contributed by atoms with E-state index in [4.69, 9.17) is 28.4 Å². The summed E-state index contributed by atoms with van der Waals surface area (Å²) in [5.74, 6) is -2.60. The summed E-state index contributed by atoms with van der Waals surface area (Å²) in [6.07, 6.45) is -5.96. The Morgan fingerprint density at radius 1 is 0.825 bits per heavy atom. The lowest BCUT2D eigenvalue weighted by atomic mass is 9.98. The van der Waals surface area contributed by atoms with Gasteiger partial charge in [-0.15, -0.1) is 5.10 Å². The van der Waals surface area contributed by atoms with E-state index in [-0.39, 0.29) is 12.5 Å². The Bertz CT molecular complexity index is 1160. The summed E-state index contributed by atoms with van der Waals surface area (Å²) in [6, 6.07) is 7.95. The number of nitrogens with zero attached hydrogens (tertiary/aromatic N) is 1. The average molecular weight is 563 g/mol. The van der Waals surface area contributed by atoms with Gasteiger partial charge in [0.2, 0.25) is 18.3 Å². The molecule has 1 aromatic carbocycles. The fourth-order valence-corrected chi connectivity index (χ4v) is 4.04. The monoisotopic (exact) mass is 562 g/mol. The molecule has 0 aliphatic carbocycles. The van der Waals surface area contributed by atoms with Crippen molar-refractivity contribution < 1.29 is 47.6 Å². The lowest BCUT2D eigenvalue weighted by Crippen LogP contribution is -2.63. The minimum Gasteiger partial charge on any atom is -0.463 e. The fourth-order valence-electron chi connectivity index (χ4n) is 4.04. The number of hydrogen-bond donors (Lipinski definition) is 1. The topological polar surface area (TPSA) is 152 Å². The Labute approximate surface area is 233 Å². The third-order valence-electron chi connectivity index (χ3n) is 5.71. The summed E-state index contributed by atoms with van der Waals surface area (Å²) < 4.78 is 33.5. The quantitative estimate of drug-likeness (QED) is 0.354. The minimum atomic E-state index is -1.37. The average Bonchev–Trinajstić information content (AvgIpc) is 3.22. The molecule has 1 aliphatic rings. The van der Waals surface area contributed by atoms with E-state index >= 15 is 0 Å². The van der Waals surface area contributed by atoms with Gasteiger partial charge in [-0.25, -0.2) is 0 Å². The molecule has 2 aromatic rings. The van der Waals surface area contributed by atoms with Crippen LogP contribution in [0.2, 0.25) is 0 Å². The van der Waals surface area contributed by atoms with Crippen molar-refractivity contribution >= 4 is 23.9 Å². The zero-order valence-electron chi connectivity index (χ0n) is 24.1. The molecular weight excluding hydrogens is 524 g/mol. The largest absolute Gasteiger partial charge is 0.463 e. The van der Waals surface area contributed by atoms with Crippen molar-refractivity contribution in [2.24, 2.45) is 0 Å². The molecule has 1 fully saturated rings. The third kappa shape index (κ3) is 9.08. The standard InChI is InChI=1S/C26H32N2O10.C2H6/c1-13-7-9-19(10-8-13)11-20-14(2)27-28-25(20)38-26-24(36-18(6)32)23(35-17(5)31)22(34-16(4)30)21(37-26)12-33-15(3)29;1-2/h7-10,21-24,26H,11-12H2,1-6H3,(H,27,28);1-2H3/t21-,22-,23+,24-,26+;/m1./s1. The van der Waals surface area contributed by atoms with E-state index in [0.29, 0.717) is 6.42 Å². The van der Waals surface area contributed by atoms with Gasteiger partial charge in [-0.05, 0) is 19.4 Å². The molecule has 2 heterocycles. The second kappa shape index (κ2) is 15.0. The van der Waals surface area contributed by atoms with E-state index in [9.17, 15) is 19.2 Å². The molecule has 220 valence electrons. The Kier molecular flexibility index (Phi) is 12.1. The van der Waals surface area contributed by atoms with Crippen molar-refractivity contribution in [3.05, 3.63) is 46.6 Å². The van der Waals surface area contributed by atoms with Crippen LogP contribution in [0.5, 0.6) is 5.88 Å². The first-order valence-electron chi connectivity index (χ1n) is 13.0. The molecule has 40 heavy (non-hydrogen) atoms. The first kappa shape index (κ1) is 32.3. The van der Waals surface area contributed by atoms with E-state index in [2.05, 4.69) is 10.2 Å². The molecule has 1 N–H and O–H groups in total. The molecule has 0 saturated carbocycles. The van der Waals surface area contributed by atoms with Gasteiger partial charge in [-0.1, -0.05) is 43.7 Å². The predicted molar refractivity (Wildman–Crippen MR) is 141 cm³/mol. The third-order valence-corrected chi connectivity index (χ3v) is 5.71. The zero-order chi connectivity index (χ0) is 30.0. The number of ether oxygens (including phenoxy) is 6. The highest BCUT2D eigenvalue weighted by atomic mass is 16.7. The SMILES string of the molecule is CC.CC(=O)OC[C@H]1O[C@@H](Oc2n[nH]c(C)c2Cc2ccc(C)cc2)[C@H](OC(C)=O)[C@@H](OC(C)=O)[C@@H]1OC(C)=O. The summed E-state index contributed by atoms with van der Waals surface area (Å²) in [6.45, 7) is 12.1. The molecule has 12 heteroatoms. The van der Waals surface area contributed by atoms with E-state index in [1.165, 1.54) is 6.92 Å². The van der Waals surface area contributed by atoms with E-state index in [1.807, 2.05) is 52.0 Å². The number of aryl methyl sites for hydroxylation is 2. The number of carbonyl (C=O) groups excluding carboxylic acids is 4. The number of benzene rings is 1. The molecule has 0 amide bonds. The highest BCUT2D eigenvalue weighted by Gasteiger charge is 2.53. The lowest BCUT2D eigenvalue weighted by Gasteiger charge is -2.43. The smallest absolute Gasteiger partial charge is 0.303 e. The summed E-state index contributed by atoms with van der Waals surface area (Å²) in [5.41, 5.74) is 3.59. The number of aromatic amines is 1. The highest BCUT2D eigenvalue weighted by Crippen LogP contribution is 2.32. The van der Waals surface area contributed by atoms with Gasteiger partial charge in [-0.2, -0.15) is 0 Å². The van der Waals surface area contributed by atoms with E-state index in [1.54, 1.807) is 0 Å². The normalized spacial score (nSPS) is 21.8. The van der Waals surface area contributed by atoms with Crippen LogP contribution in [-0.4, -0.2) is 71.4 Å². The van der Waals surface area contributed by atoms with Crippen molar-refractivity contribution in [1.29, 1.82) is 0 Å². The zero-order valence-corrected chi connectivity index (χ0v) is 24.1. The van der Waals surface area contributed by atoms with Crippen LogP contribution < -0.4 is 4.74 Å². The molecular formula is C28H38N2O10. The first-order valence-corrected chi connectivity index (χ1v) is 13.0. The molecule has 0 radical (unpaired) electrons. The molecule has 0 spiro atoms. The second-order valence-corrected chi connectivity index (χ2v) is 8.98. The summed E-state index contributed by atoms with van der Waals surface area (Å²) in [4.78, 5) is 47.4. The van der Waals surface area contributed by atoms with Crippen molar-refractivity contribution in [3.63, 3.8) is 0 Å². The highest BCUT2D eigenvalue weighted by molar-refractivity contribution is 5.68. The van der Waals surface area contributed by atoms with Crippen LogP contribution in [0.15, 0.2) is 24.3 Å². The number of rotatable bonds is 9. The van der Waals surface area contributed by atoms with Crippen LogP contribution in [0.1, 0.15) is 63.9 Å². The van der Waals surface area contributed by atoms with Gasteiger partial charge in [0.05, 0.1) is 0 Å². The summed E-state index contributed by atoms with van der Waals surface area (Å²) in [7, 11) is 0. The van der Waals surface area contributed by atoms with Crippen molar-refractivity contribution in [3.8, 4) is 5.88 Å². The molecule has 1 aliphatic heterocycles. The van der Waals surface area contributed by atoms with Crippen LogP contribution in [-0.2, 0) is 49.3 Å². The number of H-pyrrole nitrogens is 1. The van der Waals surface area contributed by atoms with Crippen molar-refractivity contribution in [2.75, 3.05) is 6.61 Å². The Morgan fingerprint density at radius 2 is 1.38 bits per heavy atom. The van der Waals surface area contributed by atoms with Gasteiger partial charge in [0.1, 0.15) is 12.7 Å². The maximum Gasteiger partial charge on any atom is 0.303 e. The van der Waals surface area contributed by atoms with Gasteiger partial charge in [0.25, 0.3) is 0 Å². The Morgan fingerprint density at radius 3 is 1.93 bits per heavy atom. The lowest BCUT2D eigenvalue weighted by molar-refractivity contribution is -0.289. The fraction of sp³-hybridized carbons (Fsp3) is 0.536. The van der Waals surface area contributed by atoms with Crippen molar-refractivity contribution in [1.82, 2.24) is 10.2 Å².